The molecule has 2 aliphatic heterocycles. The Balaban J connectivity index is 1.38. The summed E-state index contributed by atoms with van der Waals surface area (Å²) in [5.41, 5.74) is 0.712. The van der Waals surface area contributed by atoms with Crippen molar-refractivity contribution in [2.24, 2.45) is 0 Å². The quantitative estimate of drug-likeness (QED) is 0.373. The number of benzene rings is 1. The lowest BCUT2D eigenvalue weighted by Crippen LogP contribution is -2.57. The van der Waals surface area contributed by atoms with Crippen LogP contribution in [0.2, 0.25) is 0 Å². The molecule has 1 aromatic carbocycles. The number of halogens is 3. The summed E-state index contributed by atoms with van der Waals surface area (Å²) in [5, 5.41) is 35.9. The summed E-state index contributed by atoms with van der Waals surface area (Å²) in [6, 6.07) is 2.48. The van der Waals surface area contributed by atoms with Gasteiger partial charge in [-0.2, -0.15) is 0 Å². The first kappa shape index (κ1) is 27.2. The number of hydrogen-bond acceptors (Lipinski definition) is 9. The number of amides is 1. The minimum absolute atomic E-state index is 0.00497. The van der Waals surface area contributed by atoms with E-state index in [0.717, 1.165) is 24.2 Å². The molecule has 0 aliphatic carbocycles. The Morgan fingerprint density at radius 1 is 1.18 bits per heavy atom. The molecule has 3 N–H and O–H groups in total. The predicted molar refractivity (Wildman–Crippen MR) is 127 cm³/mol. The third kappa shape index (κ3) is 5.55. The van der Waals surface area contributed by atoms with Crippen LogP contribution in [-0.4, -0.2) is 80.9 Å². The van der Waals surface area contributed by atoms with Crippen LogP contribution in [0.4, 0.5) is 13.2 Å². The number of aliphatic hydroxyl groups excluding tert-OH is 2. The van der Waals surface area contributed by atoms with Crippen LogP contribution in [0.1, 0.15) is 42.7 Å². The number of hydrogen-bond donors (Lipinski definition) is 3. The monoisotopic (exact) mass is 551 g/mol. The van der Waals surface area contributed by atoms with Crippen LogP contribution in [0.15, 0.2) is 28.9 Å². The number of aliphatic hydroxyl groups is 2. The van der Waals surface area contributed by atoms with E-state index in [1.807, 2.05) is 0 Å². The van der Waals surface area contributed by atoms with Crippen molar-refractivity contribution < 1.29 is 42.2 Å². The number of aromatic nitrogens is 4. The fraction of sp³-hybridized carbons (Fsp3) is 0.520. The molecule has 14 heteroatoms. The molecule has 2 aliphatic rings. The molecule has 4 heterocycles. The molecule has 39 heavy (non-hydrogen) atoms. The largest absolute Gasteiger partial charge is 0.394 e. The minimum atomic E-state index is -1.60. The molecule has 11 nitrogen and oxygen atoms in total. The van der Waals surface area contributed by atoms with Crippen molar-refractivity contribution in [3.63, 3.8) is 0 Å². The van der Waals surface area contributed by atoms with Crippen LogP contribution in [0.3, 0.4) is 0 Å². The van der Waals surface area contributed by atoms with E-state index < -0.39 is 54.5 Å². The average molecular weight is 552 g/mol. The summed E-state index contributed by atoms with van der Waals surface area (Å²) >= 11 is 0. The standard InChI is InChI=1S/C25H28F3N5O6/c1-37-25-19(9-14-8-17(31-39-14)12-2-3-21(35)29-5-4-12)38-20(11-34)24(36)23(25)33-10-18(30-32-33)13-6-15(26)22(28)16(27)7-13/h6-8,10,12,19-20,23-25,34,36H,2-5,9,11H2,1H3,(H,29,35)/t12-,19-,20-,23+,24+,25+/m1/s1. The van der Waals surface area contributed by atoms with Gasteiger partial charge in [-0.05, 0) is 25.0 Å². The summed E-state index contributed by atoms with van der Waals surface area (Å²) in [6.45, 7) is 0.0450. The molecular weight excluding hydrogens is 523 g/mol. The number of methoxy groups -OCH3 is 1. The van der Waals surface area contributed by atoms with Gasteiger partial charge in [0, 0.05) is 44.0 Å². The first-order chi connectivity index (χ1) is 18.8. The lowest BCUT2D eigenvalue weighted by Gasteiger charge is -2.43. The fourth-order valence-corrected chi connectivity index (χ4v) is 5.22. The first-order valence-electron chi connectivity index (χ1n) is 12.5. The van der Waals surface area contributed by atoms with E-state index >= 15 is 0 Å². The molecule has 0 saturated carbocycles. The van der Waals surface area contributed by atoms with E-state index in [2.05, 4.69) is 20.8 Å². The molecule has 3 aromatic rings. The zero-order valence-electron chi connectivity index (χ0n) is 21.0. The third-order valence-electron chi connectivity index (χ3n) is 7.26. The van der Waals surface area contributed by atoms with E-state index in [1.165, 1.54) is 18.0 Å². The summed E-state index contributed by atoms with van der Waals surface area (Å²) < 4.78 is 59.4. The lowest BCUT2D eigenvalue weighted by molar-refractivity contribution is -0.212. The Labute approximate surface area is 220 Å². The van der Waals surface area contributed by atoms with Gasteiger partial charge in [0.2, 0.25) is 5.91 Å². The highest BCUT2D eigenvalue weighted by atomic mass is 19.2. The molecule has 2 saturated heterocycles. The predicted octanol–water partition coefficient (Wildman–Crippen LogP) is 1.65. The summed E-state index contributed by atoms with van der Waals surface area (Å²) in [4.78, 5) is 11.7. The van der Waals surface area contributed by atoms with Crippen molar-refractivity contribution in [1.82, 2.24) is 25.5 Å². The SMILES string of the molecule is CO[C@@H]1[C@@H](n2cc(-c3cc(F)c(F)c(F)c3)nn2)[C@@H](O)[C@@H](CO)O[C@@H]1Cc1cc([C@H]2CCNC(=O)CC2)no1. The van der Waals surface area contributed by atoms with Crippen LogP contribution in [0, 0.1) is 17.5 Å². The second-order valence-corrected chi connectivity index (χ2v) is 9.71. The summed E-state index contributed by atoms with van der Waals surface area (Å²) in [5.74, 6) is -3.80. The average Bonchev–Trinajstić information content (AvgIpc) is 3.54. The van der Waals surface area contributed by atoms with Crippen LogP contribution < -0.4 is 5.32 Å². The van der Waals surface area contributed by atoms with E-state index in [4.69, 9.17) is 14.0 Å². The topological polar surface area (TPSA) is 145 Å². The van der Waals surface area contributed by atoms with Gasteiger partial charge in [-0.3, -0.25) is 4.79 Å². The van der Waals surface area contributed by atoms with Gasteiger partial charge in [0.1, 0.15) is 35.8 Å². The number of carbonyl (C=O) groups excluding carboxylic acids is 1. The number of carbonyl (C=O) groups is 1. The Kier molecular flexibility index (Phi) is 7.98. The van der Waals surface area contributed by atoms with Crippen LogP contribution >= 0.6 is 0 Å². The van der Waals surface area contributed by atoms with Crippen molar-refractivity contribution in [3.8, 4) is 11.3 Å². The van der Waals surface area contributed by atoms with E-state index in [-0.39, 0.29) is 29.5 Å². The smallest absolute Gasteiger partial charge is 0.220 e. The van der Waals surface area contributed by atoms with E-state index in [0.29, 0.717) is 25.1 Å². The zero-order chi connectivity index (χ0) is 27.7. The minimum Gasteiger partial charge on any atom is -0.394 e. The Morgan fingerprint density at radius 3 is 2.67 bits per heavy atom. The molecule has 5 rings (SSSR count). The number of nitrogens with one attached hydrogen (secondary N) is 1. The third-order valence-corrected chi connectivity index (χ3v) is 7.26. The molecule has 1 amide bonds. The van der Waals surface area contributed by atoms with Gasteiger partial charge >= 0.3 is 0 Å². The second-order valence-electron chi connectivity index (χ2n) is 9.71. The maximum absolute atomic E-state index is 13.8. The summed E-state index contributed by atoms with van der Waals surface area (Å²) in [6.07, 6.45) is -0.513. The van der Waals surface area contributed by atoms with Crippen LogP contribution in [0.5, 0.6) is 0 Å². The molecule has 0 bridgehead atoms. The normalized spacial score (nSPS) is 27.8. The van der Waals surface area contributed by atoms with Crippen molar-refractivity contribution in [2.45, 2.75) is 62.1 Å². The van der Waals surface area contributed by atoms with Gasteiger partial charge < -0.3 is 29.5 Å². The van der Waals surface area contributed by atoms with Crippen LogP contribution in [-0.2, 0) is 20.7 Å². The molecule has 0 unspecified atom stereocenters. The Hall–Kier alpha value is -3.33. The van der Waals surface area contributed by atoms with Crippen LogP contribution in [0.25, 0.3) is 11.3 Å². The van der Waals surface area contributed by atoms with Gasteiger partial charge in [0.25, 0.3) is 0 Å². The highest BCUT2D eigenvalue weighted by Crippen LogP contribution is 2.35. The van der Waals surface area contributed by atoms with E-state index in [1.54, 1.807) is 6.07 Å². The molecule has 2 aromatic heterocycles. The van der Waals surface area contributed by atoms with Crippen molar-refractivity contribution >= 4 is 5.91 Å². The van der Waals surface area contributed by atoms with E-state index in [9.17, 15) is 28.2 Å². The molecular formula is C25H28F3N5O6. The Bertz CT molecular complexity index is 1300. The van der Waals surface area contributed by atoms with Gasteiger partial charge in [-0.15, -0.1) is 5.10 Å². The van der Waals surface area contributed by atoms with Crippen molar-refractivity contribution in [2.75, 3.05) is 20.3 Å². The molecule has 2 fully saturated rings. The van der Waals surface area contributed by atoms with Gasteiger partial charge in [-0.1, -0.05) is 10.4 Å². The van der Waals surface area contributed by atoms with Crippen molar-refractivity contribution in [1.29, 1.82) is 0 Å². The highest BCUT2D eigenvalue weighted by Gasteiger charge is 2.47. The maximum Gasteiger partial charge on any atom is 0.220 e. The molecule has 6 atom stereocenters. The fourth-order valence-electron chi connectivity index (χ4n) is 5.22. The zero-order valence-corrected chi connectivity index (χ0v) is 21.0. The van der Waals surface area contributed by atoms with Gasteiger partial charge in [-0.25, -0.2) is 17.9 Å². The van der Waals surface area contributed by atoms with Gasteiger partial charge in [0.15, 0.2) is 17.5 Å². The second kappa shape index (κ2) is 11.4. The molecule has 210 valence electrons. The Morgan fingerprint density at radius 2 is 1.95 bits per heavy atom. The molecule has 0 spiro atoms. The number of ether oxygens (including phenoxy) is 2. The van der Waals surface area contributed by atoms with Crippen molar-refractivity contribution in [3.05, 3.63) is 53.3 Å². The number of nitrogens with zero attached hydrogens (tertiary/aromatic N) is 4. The highest BCUT2D eigenvalue weighted by molar-refractivity contribution is 5.76. The first-order valence-corrected chi connectivity index (χ1v) is 12.5. The maximum atomic E-state index is 13.8. The molecule has 0 radical (unpaired) electrons. The summed E-state index contributed by atoms with van der Waals surface area (Å²) in [7, 11) is 1.42. The lowest BCUT2D eigenvalue weighted by atomic mass is 9.90. The number of rotatable bonds is 7. The van der Waals surface area contributed by atoms with Gasteiger partial charge in [0.05, 0.1) is 24.6 Å².